The second kappa shape index (κ2) is 9.05. The van der Waals surface area contributed by atoms with Crippen LogP contribution in [-0.2, 0) is 14.4 Å². The monoisotopic (exact) mass is 405 g/mol. The first kappa shape index (κ1) is 22.1. The summed E-state index contributed by atoms with van der Waals surface area (Å²) in [5, 5.41) is 0. The Hall–Kier alpha value is -1.59. The molecule has 3 rings (SSSR count). The highest BCUT2D eigenvalue weighted by atomic mass is 16.2. The van der Waals surface area contributed by atoms with Gasteiger partial charge in [0.05, 0.1) is 5.92 Å². The van der Waals surface area contributed by atoms with Crippen molar-refractivity contribution in [3.05, 3.63) is 0 Å². The highest BCUT2D eigenvalue weighted by Gasteiger charge is 2.42. The number of carbonyl (C=O) groups is 3. The Morgan fingerprint density at radius 2 is 1.62 bits per heavy atom. The SMILES string of the molecule is CCN(C(=O)C1CCN(C(=O)C2CC(=O)N(C(C)(C)C)C2)CC1)C1CCCCC1. The normalized spacial score (nSPS) is 24.8. The Labute approximate surface area is 176 Å². The first-order valence-electron chi connectivity index (χ1n) is 11.6. The number of hydrogen-bond donors (Lipinski definition) is 0. The first-order valence-corrected chi connectivity index (χ1v) is 11.6. The van der Waals surface area contributed by atoms with Crippen LogP contribution in [0.15, 0.2) is 0 Å². The molecule has 6 heteroatoms. The zero-order chi connectivity index (χ0) is 21.2. The van der Waals surface area contributed by atoms with Gasteiger partial charge in [0.2, 0.25) is 17.7 Å². The van der Waals surface area contributed by atoms with Gasteiger partial charge in [-0.2, -0.15) is 0 Å². The summed E-state index contributed by atoms with van der Waals surface area (Å²) < 4.78 is 0. The summed E-state index contributed by atoms with van der Waals surface area (Å²) in [7, 11) is 0. The maximum absolute atomic E-state index is 13.1. The van der Waals surface area contributed by atoms with E-state index in [9.17, 15) is 14.4 Å². The predicted molar refractivity (Wildman–Crippen MR) is 113 cm³/mol. The second-order valence-electron chi connectivity index (χ2n) is 10.1. The van der Waals surface area contributed by atoms with E-state index in [4.69, 9.17) is 0 Å². The molecule has 1 atom stereocenters. The number of carbonyl (C=O) groups excluding carboxylic acids is 3. The molecule has 0 radical (unpaired) electrons. The van der Waals surface area contributed by atoms with Crippen LogP contribution in [0.25, 0.3) is 0 Å². The van der Waals surface area contributed by atoms with Crippen LogP contribution >= 0.6 is 0 Å². The van der Waals surface area contributed by atoms with Gasteiger partial charge in [-0.3, -0.25) is 14.4 Å². The third kappa shape index (κ3) is 4.95. The molecule has 164 valence electrons. The van der Waals surface area contributed by atoms with Crippen molar-refractivity contribution in [2.75, 3.05) is 26.2 Å². The molecule has 0 spiro atoms. The van der Waals surface area contributed by atoms with Gasteiger partial charge in [0, 0.05) is 50.1 Å². The fourth-order valence-corrected chi connectivity index (χ4v) is 5.35. The van der Waals surface area contributed by atoms with Gasteiger partial charge in [-0.25, -0.2) is 0 Å². The Morgan fingerprint density at radius 1 is 1.00 bits per heavy atom. The van der Waals surface area contributed by atoms with Crippen molar-refractivity contribution in [1.29, 1.82) is 0 Å². The minimum absolute atomic E-state index is 0.0391. The highest BCUT2D eigenvalue weighted by molar-refractivity contribution is 5.90. The van der Waals surface area contributed by atoms with E-state index >= 15 is 0 Å². The summed E-state index contributed by atoms with van der Waals surface area (Å²) in [6.07, 6.45) is 7.84. The molecule has 1 unspecified atom stereocenters. The largest absolute Gasteiger partial charge is 0.342 e. The molecular formula is C23H39N3O3. The van der Waals surface area contributed by atoms with E-state index in [2.05, 4.69) is 11.8 Å². The van der Waals surface area contributed by atoms with Crippen LogP contribution in [0.1, 0.15) is 79.1 Å². The molecule has 2 heterocycles. The van der Waals surface area contributed by atoms with Crippen LogP contribution < -0.4 is 0 Å². The molecule has 3 fully saturated rings. The molecule has 2 aliphatic heterocycles. The molecule has 0 aromatic heterocycles. The molecule has 1 aliphatic carbocycles. The summed E-state index contributed by atoms with van der Waals surface area (Å²) in [5.41, 5.74) is -0.242. The molecule has 1 saturated carbocycles. The van der Waals surface area contributed by atoms with Crippen molar-refractivity contribution >= 4 is 17.7 Å². The zero-order valence-corrected chi connectivity index (χ0v) is 18.8. The third-order valence-corrected chi connectivity index (χ3v) is 7.08. The van der Waals surface area contributed by atoms with Crippen molar-refractivity contribution < 1.29 is 14.4 Å². The smallest absolute Gasteiger partial charge is 0.227 e. The van der Waals surface area contributed by atoms with Crippen LogP contribution in [0.3, 0.4) is 0 Å². The van der Waals surface area contributed by atoms with Crippen LogP contribution in [0.2, 0.25) is 0 Å². The Bertz CT molecular complexity index is 613. The highest BCUT2D eigenvalue weighted by Crippen LogP contribution is 2.30. The Kier molecular flexibility index (Phi) is 6.90. The topological polar surface area (TPSA) is 60.9 Å². The van der Waals surface area contributed by atoms with Crippen molar-refractivity contribution in [2.45, 2.75) is 90.6 Å². The lowest BCUT2D eigenvalue weighted by Gasteiger charge is -2.39. The van der Waals surface area contributed by atoms with Gasteiger partial charge in [0.25, 0.3) is 0 Å². The van der Waals surface area contributed by atoms with Crippen molar-refractivity contribution in [2.24, 2.45) is 11.8 Å². The van der Waals surface area contributed by atoms with Crippen LogP contribution in [-0.4, -0.2) is 70.2 Å². The summed E-state index contributed by atoms with van der Waals surface area (Å²) in [4.78, 5) is 44.3. The number of nitrogens with zero attached hydrogens (tertiary/aromatic N) is 3. The Morgan fingerprint density at radius 3 is 2.14 bits per heavy atom. The molecule has 0 bridgehead atoms. The van der Waals surface area contributed by atoms with Gasteiger partial charge in [-0.05, 0) is 53.4 Å². The van der Waals surface area contributed by atoms with Gasteiger partial charge in [0.15, 0.2) is 0 Å². The van der Waals surface area contributed by atoms with E-state index in [1.165, 1.54) is 19.3 Å². The van der Waals surface area contributed by atoms with Crippen LogP contribution in [0, 0.1) is 11.8 Å². The minimum Gasteiger partial charge on any atom is -0.342 e. The number of rotatable bonds is 4. The minimum atomic E-state index is -0.242. The quantitative estimate of drug-likeness (QED) is 0.722. The van der Waals surface area contributed by atoms with Crippen molar-refractivity contribution in [3.8, 4) is 0 Å². The van der Waals surface area contributed by atoms with E-state index in [1.54, 1.807) is 0 Å². The fraction of sp³-hybridized carbons (Fsp3) is 0.870. The van der Waals surface area contributed by atoms with Gasteiger partial charge in [0.1, 0.15) is 0 Å². The molecule has 3 amide bonds. The summed E-state index contributed by atoms with van der Waals surface area (Å²) in [6, 6.07) is 0.411. The first-order chi connectivity index (χ1) is 13.7. The lowest BCUT2D eigenvalue weighted by Crippen LogP contribution is -2.49. The van der Waals surface area contributed by atoms with E-state index in [-0.39, 0.29) is 29.2 Å². The lowest BCUT2D eigenvalue weighted by molar-refractivity contribution is -0.144. The fourth-order valence-electron chi connectivity index (χ4n) is 5.35. The summed E-state index contributed by atoms with van der Waals surface area (Å²) in [6.45, 7) is 10.7. The Balaban J connectivity index is 1.52. The van der Waals surface area contributed by atoms with Gasteiger partial charge in [-0.1, -0.05) is 19.3 Å². The molecule has 3 aliphatic rings. The molecule has 0 N–H and O–H groups in total. The summed E-state index contributed by atoms with van der Waals surface area (Å²) >= 11 is 0. The standard InChI is InChI=1S/C23H39N3O3/c1-5-25(19-9-7-6-8-10-19)22(29)17-11-13-24(14-12-17)21(28)18-15-20(27)26(16-18)23(2,3)4/h17-19H,5-16H2,1-4H3. The van der Waals surface area contributed by atoms with Crippen LogP contribution in [0.4, 0.5) is 0 Å². The van der Waals surface area contributed by atoms with E-state index in [0.29, 0.717) is 38.0 Å². The average molecular weight is 406 g/mol. The molecule has 0 aromatic carbocycles. The average Bonchev–Trinajstić information content (AvgIpc) is 3.11. The number of amides is 3. The van der Waals surface area contributed by atoms with Crippen LogP contribution in [0.5, 0.6) is 0 Å². The molecule has 6 nitrogen and oxygen atoms in total. The third-order valence-electron chi connectivity index (χ3n) is 7.08. The van der Waals surface area contributed by atoms with Gasteiger partial charge >= 0.3 is 0 Å². The van der Waals surface area contributed by atoms with Gasteiger partial charge in [-0.15, -0.1) is 0 Å². The summed E-state index contributed by atoms with van der Waals surface area (Å²) in [5.74, 6) is 0.268. The molecule has 29 heavy (non-hydrogen) atoms. The maximum atomic E-state index is 13.1. The van der Waals surface area contributed by atoms with E-state index in [1.807, 2.05) is 30.6 Å². The van der Waals surface area contributed by atoms with E-state index in [0.717, 1.165) is 32.2 Å². The lowest BCUT2D eigenvalue weighted by atomic mass is 9.90. The number of piperidine rings is 1. The van der Waals surface area contributed by atoms with Crippen molar-refractivity contribution in [1.82, 2.24) is 14.7 Å². The molecule has 0 aromatic rings. The maximum Gasteiger partial charge on any atom is 0.227 e. The molecule has 2 saturated heterocycles. The zero-order valence-electron chi connectivity index (χ0n) is 18.8. The van der Waals surface area contributed by atoms with Gasteiger partial charge < -0.3 is 14.7 Å². The predicted octanol–water partition coefficient (Wildman–Crippen LogP) is 3.05. The van der Waals surface area contributed by atoms with Crippen molar-refractivity contribution in [3.63, 3.8) is 0 Å². The molecular weight excluding hydrogens is 366 g/mol. The second-order valence-corrected chi connectivity index (χ2v) is 10.1. The number of hydrogen-bond acceptors (Lipinski definition) is 3. The number of likely N-dealkylation sites (tertiary alicyclic amines) is 2. The van der Waals surface area contributed by atoms with E-state index < -0.39 is 0 Å².